The molecule has 4 saturated carbocycles. The van der Waals surface area contributed by atoms with Gasteiger partial charge in [0.2, 0.25) is 0 Å². The van der Waals surface area contributed by atoms with E-state index < -0.39 is 22.0 Å². The van der Waals surface area contributed by atoms with Gasteiger partial charge in [-0.3, -0.25) is 9.80 Å². The topological polar surface area (TPSA) is 134 Å². The van der Waals surface area contributed by atoms with E-state index in [1.807, 2.05) is 12.1 Å². The largest absolute Gasteiger partial charge is 0.504 e. The molecule has 0 aromatic heterocycles. The molecule has 4 bridgehead atoms. The number of piperidine rings is 2. The zero-order chi connectivity index (χ0) is 36.9. The quantitative estimate of drug-likeness (QED) is 0.237. The van der Waals surface area contributed by atoms with E-state index in [0.29, 0.717) is 63.6 Å². The van der Waals surface area contributed by atoms with Crippen LogP contribution in [-0.2, 0) is 37.9 Å². The van der Waals surface area contributed by atoms with Gasteiger partial charge in [-0.05, 0) is 125 Å². The molecule has 2 spiro atoms. The zero-order valence-corrected chi connectivity index (χ0v) is 31.8. The zero-order valence-electron chi connectivity index (χ0n) is 31.8. The Hall–Kier alpha value is -2.64. The van der Waals surface area contributed by atoms with E-state index in [2.05, 4.69) is 9.80 Å². The Morgan fingerprint density at radius 3 is 1.49 bits per heavy atom. The number of hydrogen-bond donors (Lipinski definition) is 4. The third-order valence-corrected chi connectivity index (χ3v) is 16.5. The van der Waals surface area contributed by atoms with Crippen LogP contribution in [0.5, 0.6) is 23.0 Å². The number of aromatic hydroxyl groups is 2. The van der Waals surface area contributed by atoms with Gasteiger partial charge < -0.3 is 44.1 Å². The Morgan fingerprint density at radius 1 is 0.600 bits per heavy atom. The second-order valence-corrected chi connectivity index (χ2v) is 19.1. The fraction of sp³-hybridized carbons (Fsp3) is 0.727. The molecule has 296 valence electrons. The van der Waals surface area contributed by atoms with Crippen molar-refractivity contribution in [3.63, 3.8) is 0 Å². The lowest BCUT2D eigenvalue weighted by Gasteiger charge is -2.64. The molecule has 4 aliphatic heterocycles. The summed E-state index contributed by atoms with van der Waals surface area (Å²) in [5, 5.41) is 47.4. The second-order valence-electron chi connectivity index (χ2n) is 19.1. The summed E-state index contributed by atoms with van der Waals surface area (Å²) in [6, 6.07) is 7.71. The Bertz CT molecular complexity index is 1770. The summed E-state index contributed by atoms with van der Waals surface area (Å²) >= 11 is 0. The predicted octanol–water partition coefficient (Wildman–Crippen LogP) is 3.71. The van der Waals surface area contributed by atoms with E-state index in [4.69, 9.17) is 23.7 Å². The molecular formula is C44H56N2O9. The number of phenolic OH excluding ortho intramolecular Hbond substituents is 2. The standard InChI is InChI=1S/C44H56N2O9/c47-29-7-5-27-21-33-43(49)11-9-31(39-41(43,35(27)37(29)54-39)13-15-45(33)23-25-1-2-25)52-19-17-51-18-20-53-32-10-12-44(50)34-22-28-6-8-30(48)38-36(28)42(44,40(32)55-38)14-16-46(34)24-26-3-4-26/h5-8,25-26,31-34,39-40,47-50H,1-4,9-24H2/t31-,32-,33?,34?,39-,40-,41-,42-,43+,44+/m0/s1. The number of rotatable bonds is 12. The minimum Gasteiger partial charge on any atom is -0.504 e. The number of likely N-dealkylation sites (tertiary alicyclic amines) is 2. The molecule has 6 fully saturated rings. The lowest BCUT2D eigenvalue weighted by atomic mass is 9.48. The average molecular weight is 757 g/mol. The van der Waals surface area contributed by atoms with Gasteiger partial charge in [0, 0.05) is 36.3 Å². The first-order valence-corrected chi connectivity index (χ1v) is 21.5. The monoisotopic (exact) mass is 756 g/mol. The van der Waals surface area contributed by atoms with Crippen LogP contribution < -0.4 is 9.47 Å². The van der Waals surface area contributed by atoms with E-state index >= 15 is 0 Å². The highest BCUT2D eigenvalue weighted by molar-refractivity contribution is 5.64. The summed E-state index contributed by atoms with van der Waals surface area (Å²) < 4.78 is 32.5. The molecule has 0 radical (unpaired) electrons. The lowest BCUT2D eigenvalue weighted by molar-refractivity contribution is -0.218. The smallest absolute Gasteiger partial charge is 0.165 e. The van der Waals surface area contributed by atoms with Gasteiger partial charge in [0.1, 0.15) is 12.2 Å². The maximum atomic E-state index is 12.7. The van der Waals surface area contributed by atoms with E-state index in [9.17, 15) is 20.4 Å². The van der Waals surface area contributed by atoms with Crippen LogP contribution in [0.3, 0.4) is 0 Å². The summed E-state index contributed by atoms with van der Waals surface area (Å²) in [7, 11) is 0. The normalized spacial score (nSPS) is 41.7. The Morgan fingerprint density at radius 2 is 1.05 bits per heavy atom. The Labute approximate surface area is 322 Å². The highest BCUT2D eigenvalue weighted by Crippen LogP contribution is 2.67. The molecule has 2 aromatic carbocycles. The van der Waals surface area contributed by atoms with E-state index in [1.165, 1.54) is 36.8 Å². The molecule has 11 nitrogen and oxygen atoms in total. The van der Waals surface area contributed by atoms with Crippen molar-refractivity contribution in [2.45, 2.75) is 136 Å². The van der Waals surface area contributed by atoms with Gasteiger partial charge in [0.05, 0.1) is 60.7 Å². The number of hydrogen-bond acceptors (Lipinski definition) is 11. The van der Waals surface area contributed by atoms with Crippen molar-refractivity contribution in [1.82, 2.24) is 9.80 Å². The Kier molecular flexibility index (Phi) is 7.48. The van der Waals surface area contributed by atoms with Crippen molar-refractivity contribution in [1.29, 1.82) is 0 Å². The SMILES string of the molecule is Oc1ccc2c3c1O[C@H]1[C@@H](OCCOCCO[C@H]4CC[C@@]5(O)C6Cc7ccc(O)c8c7[C@@]5(CCN6CC5CC5)[C@H]4O8)CC[C@@]4(O)C(C2)N(CC2CC2)CC[C@]314. The van der Waals surface area contributed by atoms with Crippen molar-refractivity contribution >= 4 is 0 Å². The third-order valence-electron chi connectivity index (χ3n) is 16.5. The van der Waals surface area contributed by atoms with Gasteiger partial charge >= 0.3 is 0 Å². The molecule has 10 atom stereocenters. The van der Waals surface area contributed by atoms with Gasteiger partial charge in [0.15, 0.2) is 23.0 Å². The van der Waals surface area contributed by atoms with Crippen molar-refractivity contribution in [3.8, 4) is 23.0 Å². The highest BCUT2D eigenvalue weighted by atomic mass is 16.6. The van der Waals surface area contributed by atoms with Crippen molar-refractivity contribution < 1.29 is 44.1 Å². The molecule has 4 heterocycles. The molecule has 2 unspecified atom stereocenters. The van der Waals surface area contributed by atoms with Gasteiger partial charge in [-0.25, -0.2) is 0 Å². The van der Waals surface area contributed by atoms with Gasteiger partial charge in [-0.1, -0.05) is 12.1 Å². The third kappa shape index (κ3) is 4.58. The first-order valence-electron chi connectivity index (χ1n) is 21.5. The summed E-state index contributed by atoms with van der Waals surface area (Å²) in [5.74, 6) is 2.91. The van der Waals surface area contributed by atoms with Crippen molar-refractivity contribution in [3.05, 3.63) is 46.5 Å². The fourth-order valence-electron chi connectivity index (χ4n) is 13.8. The molecule has 10 aliphatic rings. The maximum Gasteiger partial charge on any atom is 0.165 e. The summed E-state index contributed by atoms with van der Waals surface area (Å²) in [6.07, 6.45) is 9.87. The highest BCUT2D eigenvalue weighted by Gasteiger charge is 2.75. The van der Waals surface area contributed by atoms with Crippen LogP contribution >= 0.6 is 0 Å². The van der Waals surface area contributed by atoms with Crippen LogP contribution in [0.15, 0.2) is 24.3 Å². The van der Waals surface area contributed by atoms with E-state index in [-0.39, 0.29) is 48.0 Å². The predicted molar refractivity (Wildman–Crippen MR) is 200 cm³/mol. The molecule has 12 rings (SSSR count). The van der Waals surface area contributed by atoms with Crippen LogP contribution in [0, 0.1) is 11.8 Å². The van der Waals surface area contributed by atoms with Gasteiger partial charge in [-0.2, -0.15) is 0 Å². The number of ether oxygens (including phenoxy) is 5. The Balaban J connectivity index is 0.696. The average Bonchev–Trinajstić information content (AvgIpc) is 4.10. The van der Waals surface area contributed by atoms with Crippen LogP contribution in [-0.4, -0.2) is 131 Å². The summed E-state index contributed by atoms with van der Waals surface area (Å²) in [4.78, 5) is 5.11. The van der Waals surface area contributed by atoms with Crippen LogP contribution in [0.1, 0.15) is 86.5 Å². The summed E-state index contributed by atoms with van der Waals surface area (Å²) in [5.41, 5.74) is 1.43. The molecule has 2 aromatic rings. The molecule has 0 amide bonds. The first-order chi connectivity index (χ1) is 26.7. The number of benzene rings is 2. The molecular weight excluding hydrogens is 700 g/mol. The number of nitrogens with zero attached hydrogens (tertiary/aromatic N) is 2. The minimum absolute atomic E-state index is 0.0500. The van der Waals surface area contributed by atoms with Crippen LogP contribution in [0.25, 0.3) is 0 Å². The summed E-state index contributed by atoms with van der Waals surface area (Å²) in [6.45, 7) is 5.57. The molecule has 6 aliphatic carbocycles. The maximum absolute atomic E-state index is 12.7. The second kappa shape index (κ2) is 12.0. The molecule has 2 saturated heterocycles. The lowest BCUT2D eigenvalue weighted by Crippen LogP contribution is -2.77. The number of aliphatic hydroxyl groups is 2. The van der Waals surface area contributed by atoms with Crippen molar-refractivity contribution in [2.24, 2.45) is 11.8 Å². The van der Waals surface area contributed by atoms with Crippen molar-refractivity contribution in [2.75, 3.05) is 52.6 Å². The number of phenols is 2. The van der Waals surface area contributed by atoms with E-state index in [1.54, 1.807) is 12.1 Å². The van der Waals surface area contributed by atoms with E-state index in [0.717, 1.165) is 74.8 Å². The fourth-order valence-corrected chi connectivity index (χ4v) is 13.8. The molecule has 4 N–H and O–H groups in total. The minimum atomic E-state index is -0.921. The van der Waals surface area contributed by atoms with Crippen LogP contribution in [0.4, 0.5) is 0 Å². The van der Waals surface area contributed by atoms with Gasteiger partial charge in [0.25, 0.3) is 0 Å². The first kappa shape index (κ1) is 34.4. The molecule has 55 heavy (non-hydrogen) atoms. The molecule has 11 heteroatoms. The van der Waals surface area contributed by atoms with Crippen LogP contribution in [0.2, 0.25) is 0 Å². The van der Waals surface area contributed by atoms with Gasteiger partial charge in [-0.15, -0.1) is 0 Å².